The molecule has 2 N–H and O–H groups in total. The molecule has 1 heterocycles. The number of carbonyl (C=O) groups is 1. The molecule has 1 aromatic heterocycles. The predicted octanol–water partition coefficient (Wildman–Crippen LogP) is 1.02. The van der Waals surface area contributed by atoms with E-state index in [1.165, 1.54) is 6.08 Å². The zero-order chi connectivity index (χ0) is 11.5. The van der Waals surface area contributed by atoms with Crippen molar-refractivity contribution in [2.24, 2.45) is 0 Å². The molecule has 0 fully saturated rings. The van der Waals surface area contributed by atoms with Crippen molar-refractivity contribution < 1.29 is 9.90 Å². The Morgan fingerprint density at radius 3 is 2.88 bits per heavy atom. The summed E-state index contributed by atoms with van der Waals surface area (Å²) in [5.74, 6) is -0.859. The van der Waals surface area contributed by atoms with Crippen molar-refractivity contribution in [2.75, 3.05) is 0 Å². The van der Waals surface area contributed by atoms with E-state index < -0.39 is 5.97 Å². The van der Waals surface area contributed by atoms with Gasteiger partial charge in [-0.25, -0.2) is 9.78 Å². The summed E-state index contributed by atoms with van der Waals surface area (Å²) < 4.78 is 0. The molecule has 1 aromatic carbocycles. The van der Waals surface area contributed by atoms with Crippen molar-refractivity contribution >= 4 is 22.9 Å². The van der Waals surface area contributed by atoms with E-state index in [1.54, 1.807) is 24.3 Å². The lowest BCUT2D eigenvalue weighted by atomic mass is 10.2. The number of rotatable bonds is 2. The van der Waals surface area contributed by atoms with Crippen LogP contribution in [0.2, 0.25) is 0 Å². The number of fused-ring (bicyclic) bond motifs is 1. The third kappa shape index (κ3) is 1.98. The van der Waals surface area contributed by atoms with Gasteiger partial charge in [-0.3, -0.25) is 4.79 Å². The van der Waals surface area contributed by atoms with Crippen molar-refractivity contribution in [2.45, 2.75) is 0 Å². The molecule has 80 valence electrons. The van der Waals surface area contributed by atoms with Gasteiger partial charge in [0.25, 0.3) is 5.56 Å². The summed E-state index contributed by atoms with van der Waals surface area (Å²) in [5, 5.41) is 8.93. The molecule has 2 rings (SSSR count). The predicted molar refractivity (Wildman–Crippen MR) is 59.0 cm³/mol. The molecule has 0 aliphatic heterocycles. The second-order valence-electron chi connectivity index (χ2n) is 3.14. The standard InChI is InChI=1S/C11H8N2O3/c14-10(15)6-5-9-12-8-4-2-1-3-7(8)11(16)13-9/h1-6H,(H,14,15)(H,12,13,16)/b6-5+. The van der Waals surface area contributed by atoms with Crippen LogP contribution in [0.15, 0.2) is 35.1 Å². The van der Waals surface area contributed by atoms with Crippen LogP contribution < -0.4 is 5.56 Å². The highest BCUT2D eigenvalue weighted by Gasteiger charge is 2.00. The van der Waals surface area contributed by atoms with Gasteiger partial charge in [0.1, 0.15) is 5.82 Å². The Bertz CT molecular complexity index is 628. The van der Waals surface area contributed by atoms with Crippen LogP contribution >= 0.6 is 0 Å². The quantitative estimate of drug-likeness (QED) is 0.734. The average molecular weight is 216 g/mol. The number of carboxylic acid groups (broad SMARTS) is 1. The summed E-state index contributed by atoms with van der Waals surface area (Å²) in [6.45, 7) is 0. The Labute approximate surface area is 90.1 Å². The smallest absolute Gasteiger partial charge is 0.328 e. The molecular formula is C11H8N2O3. The monoisotopic (exact) mass is 216 g/mol. The first-order chi connectivity index (χ1) is 7.66. The lowest BCUT2D eigenvalue weighted by Gasteiger charge is -1.97. The number of aromatic nitrogens is 2. The van der Waals surface area contributed by atoms with E-state index >= 15 is 0 Å². The minimum Gasteiger partial charge on any atom is -0.478 e. The Morgan fingerprint density at radius 1 is 1.38 bits per heavy atom. The maximum atomic E-state index is 11.6. The van der Waals surface area contributed by atoms with E-state index in [9.17, 15) is 9.59 Å². The van der Waals surface area contributed by atoms with Gasteiger partial charge in [0.05, 0.1) is 10.9 Å². The number of nitrogens with one attached hydrogen (secondary N) is 1. The van der Waals surface area contributed by atoms with Crippen molar-refractivity contribution in [1.29, 1.82) is 0 Å². The zero-order valence-corrected chi connectivity index (χ0v) is 8.18. The summed E-state index contributed by atoms with van der Waals surface area (Å²) >= 11 is 0. The summed E-state index contributed by atoms with van der Waals surface area (Å²) in [4.78, 5) is 28.5. The lowest BCUT2D eigenvalue weighted by molar-refractivity contribution is -0.131. The number of H-pyrrole nitrogens is 1. The molecule has 5 heteroatoms. The van der Waals surface area contributed by atoms with Gasteiger partial charge in [-0.05, 0) is 18.2 Å². The highest BCUT2D eigenvalue weighted by molar-refractivity contribution is 5.85. The third-order valence-electron chi connectivity index (χ3n) is 2.01. The SMILES string of the molecule is O=C(O)/C=C/c1nc2ccccc2c(=O)[nH]1. The molecule has 5 nitrogen and oxygen atoms in total. The molecular weight excluding hydrogens is 208 g/mol. The van der Waals surface area contributed by atoms with Crippen molar-refractivity contribution in [1.82, 2.24) is 9.97 Å². The highest BCUT2D eigenvalue weighted by Crippen LogP contribution is 2.05. The second kappa shape index (κ2) is 3.98. The number of hydrogen-bond acceptors (Lipinski definition) is 3. The summed E-state index contributed by atoms with van der Waals surface area (Å²) in [6, 6.07) is 6.86. The van der Waals surface area contributed by atoms with Gasteiger partial charge in [0.2, 0.25) is 0 Å². The van der Waals surface area contributed by atoms with Crippen LogP contribution in [0, 0.1) is 0 Å². The fourth-order valence-electron chi connectivity index (χ4n) is 1.33. The van der Waals surface area contributed by atoms with Gasteiger partial charge < -0.3 is 10.1 Å². The molecule has 0 aliphatic rings. The van der Waals surface area contributed by atoms with Crippen LogP contribution in [0.25, 0.3) is 17.0 Å². The van der Waals surface area contributed by atoms with E-state index in [0.717, 1.165) is 6.08 Å². The first-order valence-corrected chi connectivity index (χ1v) is 4.57. The fraction of sp³-hybridized carbons (Fsp3) is 0. The van der Waals surface area contributed by atoms with E-state index in [1.807, 2.05) is 0 Å². The van der Waals surface area contributed by atoms with Crippen LogP contribution in [0.3, 0.4) is 0 Å². The molecule has 0 unspecified atom stereocenters. The largest absolute Gasteiger partial charge is 0.478 e. The van der Waals surface area contributed by atoms with Gasteiger partial charge in [0.15, 0.2) is 0 Å². The summed E-state index contributed by atoms with van der Waals surface area (Å²) in [6.07, 6.45) is 2.17. The molecule has 0 saturated carbocycles. The molecule has 0 amide bonds. The van der Waals surface area contributed by atoms with Crippen LogP contribution in [-0.4, -0.2) is 21.0 Å². The molecule has 16 heavy (non-hydrogen) atoms. The zero-order valence-electron chi connectivity index (χ0n) is 8.18. The van der Waals surface area contributed by atoms with Gasteiger partial charge >= 0.3 is 5.97 Å². The van der Waals surface area contributed by atoms with E-state index in [2.05, 4.69) is 9.97 Å². The summed E-state index contributed by atoms with van der Waals surface area (Å²) in [7, 11) is 0. The molecule has 0 saturated heterocycles. The number of aliphatic carboxylic acids is 1. The van der Waals surface area contributed by atoms with Crippen molar-refractivity contribution in [3.8, 4) is 0 Å². The first kappa shape index (κ1) is 10.1. The highest BCUT2D eigenvalue weighted by atomic mass is 16.4. The van der Waals surface area contributed by atoms with Gasteiger partial charge in [0, 0.05) is 6.08 Å². The Hall–Kier alpha value is -2.43. The van der Waals surface area contributed by atoms with Gasteiger partial charge in [-0.1, -0.05) is 12.1 Å². The van der Waals surface area contributed by atoms with Crippen LogP contribution in [-0.2, 0) is 4.79 Å². The molecule has 0 radical (unpaired) electrons. The molecule has 0 aliphatic carbocycles. The molecule has 0 bridgehead atoms. The van der Waals surface area contributed by atoms with Crippen molar-refractivity contribution in [3.63, 3.8) is 0 Å². The van der Waals surface area contributed by atoms with Crippen LogP contribution in [0.5, 0.6) is 0 Å². The van der Waals surface area contributed by atoms with Crippen molar-refractivity contribution in [3.05, 3.63) is 46.5 Å². The number of carboxylic acids is 1. The normalized spacial score (nSPS) is 11.0. The maximum absolute atomic E-state index is 11.6. The second-order valence-corrected chi connectivity index (χ2v) is 3.14. The molecule has 0 atom stereocenters. The average Bonchev–Trinajstić information content (AvgIpc) is 2.26. The topological polar surface area (TPSA) is 83.0 Å². The molecule has 2 aromatic rings. The Balaban J connectivity index is 2.58. The lowest BCUT2D eigenvalue weighted by Crippen LogP contribution is -2.09. The van der Waals surface area contributed by atoms with E-state index in [0.29, 0.717) is 10.9 Å². The fourth-order valence-corrected chi connectivity index (χ4v) is 1.33. The van der Waals surface area contributed by atoms with E-state index in [4.69, 9.17) is 5.11 Å². The first-order valence-electron chi connectivity index (χ1n) is 4.57. The van der Waals surface area contributed by atoms with Gasteiger partial charge in [-0.15, -0.1) is 0 Å². The minimum atomic E-state index is -1.09. The number of para-hydroxylation sites is 1. The molecule has 0 spiro atoms. The number of hydrogen-bond donors (Lipinski definition) is 2. The van der Waals surface area contributed by atoms with Crippen LogP contribution in [0.4, 0.5) is 0 Å². The maximum Gasteiger partial charge on any atom is 0.328 e. The number of benzene rings is 1. The third-order valence-corrected chi connectivity index (χ3v) is 2.01. The van der Waals surface area contributed by atoms with Gasteiger partial charge in [-0.2, -0.15) is 0 Å². The summed E-state index contributed by atoms with van der Waals surface area (Å²) in [5.41, 5.74) is 0.256. The number of nitrogens with zero attached hydrogens (tertiary/aromatic N) is 1. The Morgan fingerprint density at radius 2 is 2.12 bits per heavy atom. The Kier molecular flexibility index (Phi) is 2.51. The minimum absolute atomic E-state index is 0.228. The number of aromatic amines is 1. The van der Waals surface area contributed by atoms with E-state index in [-0.39, 0.29) is 11.4 Å². The van der Waals surface area contributed by atoms with Crippen LogP contribution in [0.1, 0.15) is 5.82 Å².